The molecule has 0 bridgehead atoms. The second-order valence-corrected chi connectivity index (χ2v) is 4.86. The van der Waals surface area contributed by atoms with Gasteiger partial charge in [0.05, 0.1) is 18.0 Å². The normalized spacial score (nSPS) is 12.2. The Hall–Kier alpha value is -1.57. The first kappa shape index (κ1) is 14.5. The van der Waals surface area contributed by atoms with E-state index in [-0.39, 0.29) is 17.6 Å². The van der Waals surface area contributed by atoms with E-state index in [0.29, 0.717) is 16.5 Å². The maximum atomic E-state index is 11.3. The van der Waals surface area contributed by atoms with E-state index in [1.165, 1.54) is 23.6 Å². The molecule has 1 aromatic rings. The molecule has 18 heavy (non-hydrogen) atoms. The van der Waals surface area contributed by atoms with Crippen molar-refractivity contribution < 1.29 is 14.5 Å². The van der Waals surface area contributed by atoms with Crippen LogP contribution in [0.2, 0.25) is 0 Å². The summed E-state index contributed by atoms with van der Waals surface area (Å²) >= 11 is 1.23. The summed E-state index contributed by atoms with van der Waals surface area (Å²) in [4.78, 5) is 21.7. The van der Waals surface area contributed by atoms with Crippen LogP contribution in [0.1, 0.15) is 12.6 Å². The van der Waals surface area contributed by atoms with Crippen LogP contribution >= 0.6 is 11.8 Å². The Morgan fingerprint density at radius 1 is 1.67 bits per heavy atom. The van der Waals surface area contributed by atoms with Gasteiger partial charge in [-0.15, -0.1) is 0 Å². The highest BCUT2D eigenvalue weighted by molar-refractivity contribution is 7.99. The number of thioether (sulfide) groups is 1. The van der Waals surface area contributed by atoms with Crippen molar-refractivity contribution in [1.82, 2.24) is 9.78 Å². The maximum absolute atomic E-state index is 11.3. The van der Waals surface area contributed by atoms with Gasteiger partial charge in [-0.25, -0.2) is 0 Å². The number of carbonyl (C=O) groups excluding carboxylic acids is 1. The molecule has 0 fully saturated rings. The van der Waals surface area contributed by atoms with Crippen molar-refractivity contribution in [3.63, 3.8) is 0 Å². The van der Waals surface area contributed by atoms with E-state index >= 15 is 0 Å². The molecule has 0 N–H and O–H groups in total. The average molecular weight is 273 g/mol. The van der Waals surface area contributed by atoms with Crippen LogP contribution in [-0.2, 0) is 16.6 Å². The van der Waals surface area contributed by atoms with Crippen molar-refractivity contribution in [1.29, 1.82) is 0 Å². The topological polar surface area (TPSA) is 87.3 Å². The van der Waals surface area contributed by atoms with E-state index in [1.807, 2.05) is 0 Å². The number of methoxy groups -OCH3 is 1. The van der Waals surface area contributed by atoms with Crippen molar-refractivity contribution in [2.45, 2.75) is 18.9 Å². The molecule has 0 aliphatic rings. The summed E-state index contributed by atoms with van der Waals surface area (Å²) in [5.41, 5.74) is 0.371. The lowest BCUT2D eigenvalue weighted by molar-refractivity contribution is -0.388. The van der Waals surface area contributed by atoms with Crippen LogP contribution in [0.25, 0.3) is 0 Å². The minimum Gasteiger partial charge on any atom is -0.469 e. The minimum absolute atomic E-state index is 0.000402. The van der Waals surface area contributed by atoms with Gasteiger partial charge in [0.1, 0.15) is 5.69 Å². The fraction of sp³-hybridized carbons (Fsp3) is 0.600. The molecule has 1 atom stereocenters. The third-order valence-corrected chi connectivity index (χ3v) is 3.79. The SMILES string of the molecule is COC(=O)C(C)CSc1c([N+](=O)[O-])c(C)nn1C. The molecule has 1 unspecified atom stereocenters. The Balaban J connectivity index is 2.85. The van der Waals surface area contributed by atoms with Crippen LogP contribution in [0.4, 0.5) is 5.69 Å². The predicted octanol–water partition coefficient (Wildman–Crippen LogP) is 1.54. The molecule has 0 spiro atoms. The number of esters is 1. The highest BCUT2D eigenvalue weighted by atomic mass is 32.2. The first-order valence-corrected chi connectivity index (χ1v) is 6.25. The number of nitro groups is 1. The molecule has 0 saturated heterocycles. The quantitative estimate of drug-likeness (QED) is 0.350. The Bertz CT molecular complexity index is 472. The predicted molar refractivity (Wildman–Crippen MR) is 66.5 cm³/mol. The summed E-state index contributed by atoms with van der Waals surface area (Å²) in [6, 6.07) is 0. The number of ether oxygens (including phenoxy) is 1. The van der Waals surface area contributed by atoms with Crippen molar-refractivity contribution in [3.05, 3.63) is 15.8 Å². The second kappa shape index (κ2) is 5.85. The highest BCUT2D eigenvalue weighted by Gasteiger charge is 2.25. The van der Waals surface area contributed by atoms with Gasteiger partial charge < -0.3 is 4.74 Å². The largest absolute Gasteiger partial charge is 0.469 e. The van der Waals surface area contributed by atoms with Crippen LogP contribution in [0, 0.1) is 23.0 Å². The smallest absolute Gasteiger partial charge is 0.323 e. The Morgan fingerprint density at radius 2 is 2.28 bits per heavy atom. The fourth-order valence-electron chi connectivity index (χ4n) is 1.47. The van der Waals surface area contributed by atoms with E-state index in [9.17, 15) is 14.9 Å². The van der Waals surface area contributed by atoms with Crippen LogP contribution in [0.5, 0.6) is 0 Å². The molecule has 100 valence electrons. The van der Waals surface area contributed by atoms with Crippen LogP contribution in [0.15, 0.2) is 5.03 Å². The van der Waals surface area contributed by atoms with Crippen molar-refractivity contribution in [3.8, 4) is 0 Å². The fourth-order valence-corrected chi connectivity index (χ4v) is 2.60. The van der Waals surface area contributed by atoms with Gasteiger partial charge in [-0.1, -0.05) is 18.7 Å². The molecule has 0 amide bonds. The standard InChI is InChI=1S/C10H15N3O4S/c1-6(10(14)17-4)5-18-9-8(13(15)16)7(2)11-12(9)3/h6H,5H2,1-4H3. The molecule has 0 aromatic carbocycles. The van der Waals surface area contributed by atoms with E-state index in [0.717, 1.165) is 0 Å². The Morgan fingerprint density at radius 3 is 2.78 bits per heavy atom. The van der Waals surface area contributed by atoms with Gasteiger partial charge in [-0.2, -0.15) is 5.10 Å². The third kappa shape index (κ3) is 3.00. The van der Waals surface area contributed by atoms with Crippen LogP contribution < -0.4 is 0 Å². The van der Waals surface area contributed by atoms with Gasteiger partial charge in [0.15, 0.2) is 5.03 Å². The average Bonchev–Trinajstić information content (AvgIpc) is 2.59. The zero-order chi connectivity index (χ0) is 13.9. The number of rotatable bonds is 5. The second-order valence-electron chi connectivity index (χ2n) is 3.86. The lowest BCUT2D eigenvalue weighted by Crippen LogP contribution is -2.15. The maximum Gasteiger partial charge on any atom is 0.323 e. The zero-order valence-corrected chi connectivity index (χ0v) is 11.5. The number of aromatic nitrogens is 2. The van der Waals surface area contributed by atoms with Gasteiger partial charge in [-0.05, 0) is 6.92 Å². The van der Waals surface area contributed by atoms with Gasteiger partial charge in [-0.3, -0.25) is 19.6 Å². The number of carbonyl (C=O) groups is 1. The van der Waals surface area contributed by atoms with Crippen LogP contribution in [-0.4, -0.2) is 33.5 Å². The monoisotopic (exact) mass is 273 g/mol. The van der Waals surface area contributed by atoms with E-state index < -0.39 is 4.92 Å². The number of aryl methyl sites for hydroxylation is 2. The lowest BCUT2D eigenvalue weighted by atomic mass is 10.2. The molecule has 0 aliphatic heterocycles. The molecular weight excluding hydrogens is 258 g/mol. The molecule has 1 rings (SSSR count). The Kier molecular flexibility index (Phi) is 4.71. The molecule has 1 aromatic heterocycles. The molecule has 1 heterocycles. The molecule has 0 saturated carbocycles. The first-order valence-electron chi connectivity index (χ1n) is 5.27. The lowest BCUT2D eigenvalue weighted by Gasteiger charge is -2.08. The summed E-state index contributed by atoms with van der Waals surface area (Å²) in [6.07, 6.45) is 0. The van der Waals surface area contributed by atoms with Crippen LogP contribution in [0.3, 0.4) is 0 Å². The molecule has 7 nitrogen and oxygen atoms in total. The third-order valence-electron chi connectivity index (χ3n) is 2.40. The van der Waals surface area contributed by atoms with E-state index in [4.69, 9.17) is 0 Å². The Labute approximate surface area is 109 Å². The summed E-state index contributed by atoms with van der Waals surface area (Å²) in [5.74, 6) is -0.245. The number of hydrogen-bond donors (Lipinski definition) is 0. The molecular formula is C10H15N3O4S. The molecule has 0 aliphatic carbocycles. The molecule has 8 heteroatoms. The summed E-state index contributed by atoms with van der Waals surface area (Å²) in [6.45, 7) is 3.31. The highest BCUT2D eigenvalue weighted by Crippen LogP contribution is 2.32. The minimum atomic E-state index is -0.451. The number of nitrogens with zero attached hydrogens (tertiary/aromatic N) is 3. The van der Waals surface area contributed by atoms with E-state index in [2.05, 4.69) is 9.84 Å². The van der Waals surface area contributed by atoms with Gasteiger partial charge >= 0.3 is 11.7 Å². The van der Waals surface area contributed by atoms with Crippen molar-refractivity contribution >= 4 is 23.4 Å². The van der Waals surface area contributed by atoms with Gasteiger partial charge in [0.25, 0.3) is 0 Å². The summed E-state index contributed by atoms with van der Waals surface area (Å²) in [5, 5.41) is 15.4. The zero-order valence-electron chi connectivity index (χ0n) is 10.7. The van der Waals surface area contributed by atoms with Gasteiger partial charge in [0.2, 0.25) is 0 Å². The van der Waals surface area contributed by atoms with Crippen molar-refractivity contribution in [2.75, 3.05) is 12.9 Å². The molecule has 0 radical (unpaired) electrons. The first-order chi connectivity index (χ1) is 8.38. The van der Waals surface area contributed by atoms with E-state index in [1.54, 1.807) is 20.9 Å². The summed E-state index contributed by atoms with van der Waals surface area (Å²) in [7, 11) is 2.96. The number of hydrogen-bond acceptors (Lipinski definition) is 6. The van der Waals surface area contributed by atoms with Gasteiger partial charge in [0, 0.05) is 12.8 Å². The summed E-state index contributed by atoms with van der Waals surface area (Å²) < 4.78 is 6.07. The van der Waals surface area contributed by atoms with Crippen molar-refractivity contribution in [2.24, 2.45) is 13.0 Å².